The molecule has 0 aliphatic carbocycles. The Balaban J connectivity index is 3.51. The summed E-state index contributed by atoms with van der Waals surface area (Å²) in [5.41, 5.74) is -0.218. The van der Waals surface area contributed by atoms with Crippen LogP contribution < -0.4 is 4.90 Å². The number of hydrogen-bond donors (Lipinski definition) is 1. The summed E-state index contributed by atoms with van der Waals surface area (Å²) in [6, 6.07) is 5.84. The van der Waals surface area contributed by atoms with Gasteiger partial charge in [0.05, 0.1) is 28.2 Å². The van der Waals surface area contributed by atoms with Crippen LogP contribution in [0.3, 0.4) is 0 Å². The van der Waals surface area contributed by atoms with E-state index >= 15 is 0 Å². The van der Waals surface area contributed by atoms with Gasteiger partial charge < -0.3 is 10.0 Å². The quantitative estimate of drug-likeness (QED) is 0.488. The van der Waals surface area contributed by atoms with Crippen molar-refractivity contribution in [2.75, 3.05) is 18.0 Å². The zero-order chi connectivity index (χ0) is 15.3. The number of nitriles is 2. The summed E-state index contributed by atoms with van der Waals surface area (Å²) in [4.78, 5) is 22.6. The molecule has 0 amide bonds. The molecule has 0 bridgehead atoms. The van der Waals surface area contributed by atoms with Crippen molar-refractivity contribution in [1.29, 1.82) is 10.5 Å². The van der Waals surface area contributed by atoms with Crippen LogP contribution in [0.2, 0.25) is 0 Å². The van der Waals surface area contributed by atoms with Gasteiger partial charge in [0, 0.05) is 11.8 Å². The van der Waals surface area contributed by atoms with E-state index in [1.807, 2.05) is 12.1 Å². The van der Waals surface area contributed by atoms with Gasteiger partial charge in [0.2, 0.25) is 0 Å². The number of nitrogens with zero attached hydrogens (tertiary/aromatic N) is 4. The Kier molecular flexibility index (Phi) is 4.60. The number of anilines is 1. The van der Waals surface area contributed by atoms with Crippen LogP contribution in [0.25, 0.3) is 0 Å². The average Bonchev–Trinajstić information content (AvgIpc) is 2.38. The average molecular weight is 274 g/mol. The third-order valence-electron chi connectivity index (χ3n) is 2.66. The van der Waals surface area contributed by atoms with Crippen LogP contribution in [-0.2, 0) is 0 Å². The van der Waals surface area contributed by atoms with Crippen LogP contribution in [-0.4, -0.2) is 29.1 Å². The molecule has 1 N–H and O–H groups in total. The van der Waals surface area contributed by atoms with Gasteiger partial charge in [-0.3, -0.25) is 10.1 Å². The van der Waals surface area contributed by atoms with Gasteiger partial charge in [0.1, 0.15) is 13.1 Å². The summed E-state index contributed by atoms with van der Waals surface area (Å²) < 4.78 is 0. The Labute approximate surface area is 114 Å². The molecule has 1 aromatic carbocycles. The number of aromatic carboxylic acids is 1. The number of nitro groups is 1. The zero-order valence-corrected chi connectivity index (χ0v) is 10.5. The summed E-state index contributed by atoms with van der Waals surface area (Å²) in [6.07, 6.45) is 0. The molecule has 0 radical (unpaired) electrons. The molecule has 8 nitrogen and oxygen atoms in total. The maximum Gasteiger partial charge on any atom is 0.336 e. The molecule has 0 unspecified atom stereocenters. The summed E-state index contributed by atoms with van der Waals surface area (Å²) in [6.45, 7) is 1.10. The number of carbonyl (C=O) groups is 1. The van der Waals surface area contributed by atoms with Crippen molar-refractivity contribution in [3.63, 3.8) is 0 Å². The van der Waals surface area contributed by atoms with Crippen LogP contribution in [0, 0.1) is 39.7 Å². The van der Waals surface area contributed by atoms with E-state index in [9.17, 15) is 14.9 Å². The monoisotopic (exact) mass is 274 g/mol. The second kappa shape index (κ2) is 6.16. The van der Waals surface area contributed by atoms with Gasteiger partial charge in [-0.15, -0.1) is 0 Å². The molecule has 0 aliphatic rings. The minimum absolute atomic E-state index is 0.172. The first-order valence-corrected chi connectivity index (χ1v) is 5.43. The Bertz CT molecular complexity index is 626. The number of carboxylic acid groups (broad SMARTS) is 1. The molecule has 20 heavy (non-hydrogen) atoms. The molecule has 1 rings (SSSR count). The highest BCUT2D eigenvalue weighted by Gasteiger charge is 2.22. The molecule has 0 aromatic heterocycles. The van der Waals surface area contributed by atoms with Gasteiger partial charge in [-0.25, -0.2) is 4.79 Å². The highest BCUT2D eigenvalue weighted by atomic mass is 16.6. The summed E-state index contributed by atoms with van der Waals surface area (Å²) in [5.74, 6) is -1.32. The fourth-order valence-corrected chi connectivity index (χ4v) is 1.72. The third kappa shape index (κ3) is 3.00. The van der Waals surface area contributed by atoms with Crippen LogP contribution in [0.1, 0.15) is 15.9 Å². The van der Waals surface area contributed by atoms with Gasteiger partial charge in [-0.2, -0.15) is 10.5 Å². The lowest BCUT2D eigenvalue weighted by molar-refractivity contribution is -0.385. The molecule has 102 valence electrons. The number of hydrogen-bond acceptors (Lipinski definition) is 6. The Morgan fingerprint density at radius 2 is 1.95 bits per heavy atom. The molecule has 8 heteroatoms. The van der Waals surface area contributed by atoms with Crippen LogP contribution in [0.5, 0.6) is 0 Å². The maximum absolute atomic E-state index is 11.0. The lowest BCUT2D eigenvalue weighted by Crippen LogP contribution is -2.25. The topological polar surface area (TPSA) is 131 Å². The minimum atomic E-state index is -1.32. The van der Waals surface area contributed by atoms with Gasteiger partial charge in [-0.1, -0.05) is 0 Å². The largest absolute Gasteiger partial charge is 0.478 e. The van der Waals surface area contributed by atoms with Gasteiger partial charge >= 0.3 is 5.97 Å². The standard InChI is InChI=1S/C12H10N4O4/c1-8-10(15(4-2-13)5-3-14)6-9(12(17)18)7-11(8)16(19)20/h6-7H,4-5H2,1H3,(H,17,18). The van der Waals surface area contributed by atoms with Crippen molar-refractivity contribution < 1.29 is 14.8 Å². The Morgan fingerprint density at radius 3 is 2.35 bits per heavy atom. The summed E-state index contributed by atoms with van der Waals surface area (Å²) in [5, 5.41) is 37.4. The number of nitro benzene ring substituents is 1. The highest BCUT2D eigenvalue weighted by Crippen LogP contribution is 2.30. The number of carboxylic acids is 1. The maximum atomic E-state index is 11.0. The van der Waals surface area contributed by atoms with Crippen molar-refractivity contribution in [3.05, 3.63) is 33.4 Å². The molecule has 0 spiro atoms. The van der Waals surface area contributed by atoms with E-state index in [0.717, 1.165) is 6.07 Å². The van der Waals surface area contributed by atoms with Gasteiger partial charge in [0.25, 0.3) is 5.69 Å². The van der Waals surface area contributed by atoms with E-state index < -0.39 is 10.9 Å². The van der Waals surface area contributed by atoms with E-state index in [-0.39, 0.29) is 35.6 Å². The van der Waals surface area contributed by atoms with Crippen molar-refractivity contribution in [1.82, 2.24) is 0 Å². The van der Waals surface area contributed by atoms with Gasteiger partial charge in [0.15, 0.2) is 0 Å². The Hall–Kier alpha value is -3.13. The predicted octanol–water partition coefficient (Wildman–Crippen LogP) is 1.45. The molecule has 0 atom stereocenters. The van der Waals surface area contributed by atoms with Crippen LogP contribution in [0.15, 0.2) is 12.1 Å². The number of rotatable bonds is 5. The molecular formula is C12H10N4O4. The summed E-state index contributed by atoms with van der Waals surface area (Å²) in [7, 11) is 0. The first-order chi connectivity index (χ1) is 9.42. The van der Waals surface area contributed by atoms with Gasteiger partial charge in [-0.05, 0) is 13.0 Å². The first-order valence-electron chi connectivity index (χ1n) is 5.43. The fraction of sp³-hybridized carbons (Fsp3) is 0.250. The number of benzene rings is 1. The van der Waals surface area contributed by atoms with Crippen molar-refractivity contribution in [2.24, 2.45) is 0 Å². The summed E-state index contributed by atoms with van der Waals surface area (Å²) >= 11 is 0. The smallest absolute Gasteiger partial charge is 0.336 e. The van der Waals surface area contributed by atoms with E-state index in [1.165, 1.54) is 17.9 Å². The van der Waals surface area contributed by atoms with E-state index in [4.69, 9.17) is 15.6 Å². The molecular weight excluding hydrogens is 264 g/mol. The van der Waals surface area contributed by atoms with Crippen LogP contribution >= 0.6 is 0 Å². The molecule has 0 saturated carbocycles. The van der Waals surface area contributed by atoms with E-state index in [2.05, 4.69) is 0 Å². The molecule has 0 heterocycles. The second-order valence-corrected chi connectivity index (χ2v) is 3.87. The predicted molar refractivity (Wildman–Crippen MR) is 68.2 cm³/mol. The minimum Gasteiger partial charge on any atom is -0.478 e. The zero-order valence-electron chi connectivity index (χ0n) is 10.5. The van der Waals surface area contributed by atoms with E-state index in [0.29, 0.717) is 0 Å². The highest BCUT2D eigenvalue weighted by molar-refractivity contribution is 5.90. The first kappa shape index (κ1) is 14.9. The Morgan fingerprint density at radius 1 is 1.40 bits per heavy atom. The van der Waals surface area contributed by atoms with E-state index in [1.54, 1.807) is 0 Å². The molecule has 0 fully saturated rings. The fourth-order valence-electron chi connectivity index (χ4n) is 1.72. The normalized spacial score (nSPS) is 9.35. The lowest BCUT2D eigenvalue weighted by Gasteiger charge is -2.20. The molecule has 0 aliphatic heterocycles. The third-order valence-corrected chi connectivity index (χ3v) is 2.66. The molecule has 1 aromatic rings. The van der Waals surface area contributed by atoms with Crippen molar-refractivity contribution in [3.8, 4) is 12.1 Å². The molecule has 0 saturated heterocycles. The van der Waals surface area contributed by atoms with Crippen molar-refractivity contribution in [2.45, 2.75) is 6.92 Å². The van der Waals surface area contributed by atoms with Crippen LogP contribution in [0.4, 0.5) is 11.4 Å². The SMILES string of the molecule is Cc1c(N(CC#N)CC#N)cc(C(=O)O)cc1[N+](=O)[O-]. The van der Waals surface area contributed by atoms with Crippen molar-refractivity contribution >= 4 is 17.3 Å². The lowest BCUT2D eigenvalue weighted by atomic mass is 10.1. The second-order valence-electron chi connectivity index (χ2n) is 3.87.